The molecule has 0 spiro atoms. The van der Waals surface area contributed by atoms with Crippen molar-refractivity contribution in [3.8, 4) is 0 Å². The van der Waals surface area contributed by atoms with Gasteiger partial charge in [0, 0.05) is 17.2 Å². The Morgan fingerprint density at radius 3 is 2.59 bits per heavy atom. The predicted molar refractivity (Wildman–Crippen MR) is 71.4 cm³/mol. The Labute approximate surface area is 107 Å². The highest BCUT2D eigenvalue weighted by Gasteiger charge is 2.19. The van der Waals surface area contributed by atoms with E-state index in [1.165, 1.54) is 0 Å². The number of rotatable bonds is 4. The summed E-state index contributed by atoms with van der Waals surface area (Å²) in [7, 11) is 0. The van der Waals surface area contributed by atoms with Crippen LogP contribution in [0.5, 0.6) is 0 Å². The van der Waals surface area contributed by atoms with E-state index >= 15 is 0 Å². The van der Waals surface area contributed by atoms with E-state index in [-0.39, 0.29) is 5.97 Å². The minimum Gasteiger partial charge on any atom is -0.456 e. The number of thioether (sulfide) groups is 1. The van der Waals surface area contributed by atoms with Gasteiger partial charge in [0.25, 0.3) is 0 Å². The summed E-state index contributed by atoms with van der Waals surface area (Å²) in [5.41, 5.74) is 5.61. The van der Waals surface area contributed by atoms with Crippen LogP contribution in [0.15, 0.2) is 29.2 Å². The minimum absolute atomic E-state index is 0.280. The predicted octanol–water partition coefficient (Wildman–Crippen LogP) is 2.69. The average molecular weight is 253 g/mol. The van der Waals surface area contributed by atoms with E-state index in [1.807, 2.05) is 39.0 Å². The summed E-state index contributed by atoms with van der Waals surface area (Å²) >= 11 is 1.58. The van der Waals surface area contributed by atoms with Crippen molar-refractivity contribution in [3.63, 3.8) is 0 Å². The lowest BCUT2D eigenvalue weighted by molar-refractivity contribution is 0.00656. The molecular weight excluding hydrogens is 234 g/mol. The summed E-state index contributed by atoms with van der Waals surface area (Å²) in [6.45, 7) is 6.18. The van der Waals surface area contributed by atoms with Gasteiger partial charge in [-0.05, 0) is 32.9 Å². The molecule has 0 heterocycles. The highest BCUT2D eigenvalue weighted by molar-refractivity contribution is 7.99. The monoisotopic (exact) mass is 253 g/mol. The maximum absolute atomic E-state index is 12.0. The molecule has 3 nitrogen and oxygen atoms in total. The second kappa shape index (κ2) is 6.07. The Bertz CT molecular complexity index is 385. The third-order valence-corrected chi connectivity index (χ3v) is 2.99. The van der Waals surface area contributed by atoms with Crippen LogP contribution in [0.4, 0.5) is 0 Å². The highest BCUT2D eigenvalue weighted by Crippen LogP contribution is 2.24. The van der Waals surface area contributed by atoms with Crippen molar-refractivity contribution in [3.05, 3.63) is 29.8 Å². The van der Waals surface area contributed by atoms with E-state index in [9.17, 15) is 4.79 Å². The molecule has 0 aliphatic carbocycles. The van der Waals surface area contributed by atoms with Crippen molar-refractivity contribution in [2.75, 3.05) is 12.3 Å². The fraction of sp³-hybridized carbons (Fsp3) is 0.462. The first-order valence-corrected chi connectivity index (χ1v) is 6.58. The molecule has 0 amide bonds. The molecule has 0 saturated heterocycles. The lowest BCUT2D eigenvalue weighted by atomic mass is 10.1. The summed E-state index contributed by atoms with van der Waals surface area (Å²) in [5.74, 6) is 0.511. The van der Waals surface area contributed by atoms with Crippen LogP contribution in [-0.4, -0.2) is 23.9 Å². The van der Waals surface area contributed by atoms with E-state index in [4.69, 9.17) is 10.5 Å². The van der Waals surface area contributed by atoms with Crippen molar-refractivity contribution in [1.29, 1.82) is 0 Å². The van der Waals surface area contributed by atoms with Crippen molar-refractivity contribution >= 4 is 17.7 Å². The number of carbonyl (C=O) groups excluding carboxylic acids is 1. The van der Waals surface area contributed by atoms with Crippen LogP contribution in [0.1, 0.15) is 31.1 Å². The van der Waals surface area contributed by atoms with Gasteiger partial charge in [0.05, 0.1) is 5.56 Å². The molecule has 0 unspecified atom stereocenters. The van der Waals surface area contributed by atoms with E-state index in [0.717, 1.165) is 10.6 Å². The third kappa shape index (κ3) is 4.79. The van der Waals surface area contributed by atoms with Crippen molar-refractivity contribution in [2.24, 2.45) is 5.73 Å². The quantitative estimate of drug-likeness (QED) is 0.662. The van der Waals surface area contributed by atoms with Gasteiger partial charge in [0.1, 0.15) is 5.60 Å². The van der Waals surface area contributed by atoms with E-state index in [1.54, 1.807) is 17.8 Å². The number of esters is 1. The number of hydrogen-bond donors (Lipinski definition) is 1. The van der Waals surface area contributed by atoms with Crippen LogP contribution in [0.25, 0.3) is 0 Å². The molecule has 0 saturated carbocycles. The maximum atomic E-state index is 12.0. The second-order valence-corrected chi connectivity index (χ2v) is 5.77. The fourth-order valence-electron chi connectivity index (χ4n) is 1.26. The summed E-state index contributed by atoms with van der Waals surface area (Å²) in [4.78, 5) is 12.9. The van der Waals surface area contributed by atoms with Crippen LogP contribution >= 0.6 is 11.8 Å². The zero-order chi connectivity index (χ0) is 12.9. The van der Waals surface area contributed by atoms with Gasteiger partial charge in [-0.25, -0.2) is 4.79 Å². The molecule has 0 atom stereocenters. The fourth-order valence-corrected chi connectivity index (χ4v) is 2.08. The molecule has 0 radical (unpaired) electrons. The smallest absolute Gasteiger partial charge is 0.339 e. The van der Waals surface area contributed by atoms with Crippen LogP contribution in [-0.2, 0) is 4.74 Å². The van der Waals surface area contributed by atoms with Gasteiger partial charge in [-0.2, -0.15) is 0 Å². The topological polar surface area (TPSA) is 52.3 Å². The molecule has 1 rings (SSSR count). The highest BCUT2D eigenvalue weighted by atomic mass is 32.2. The third-order valence-electron chi connectivity index (χ3n) is 1.88. The molecule has 0 bridgehead atoms. The SMILES string of the molecule is CC(C)(C)OC(=O)c1ccccc1SCCN. The van der Waals surface area contributed by atoms with Crippen molar-refractivity contribution in [2.45, 2.75) is 31.3 Å². The molecule has 2 N–H and O–H groups in total. The van der Waals surface area contributed by atoms with Crippen LogP contribution in [0, 0.1) is 0 Å². The first-order valence-electron chi connectivity index (χ1n) is 5.59. The molecule has 1 aromatic rings. The lowest BCUT2D eigenvalue weighted by Gasteiger charge is -2.20. The molecule has 0 aromatic heterocycles. The summed E-state index contributed by atoms with van der Waals surface area (Å²) in [6.07, 6.45) is 0. The van der Waals surface area contributed by atoms with Crippen LogP contribution in [0.2, 0.25) is 0 Å². The molecule has 1 aromatic carbocycles. The van der Waals surface area contributed by atoms with Gasteiger partial charge < -0.3 is 10.5 Å². The van der Waals surface area contributed by atoms with Crippen LogP contribution in [0.3, 0.4) is 0 Å². The number of hydrogen-bond acceptors (Lipinski definition) is 4. The minimum atomic E-state index is -0.470. The molecule has 0 aliphatic rings. The largest absolute Gasteiger partial charge is 0.456 e. The van der Waals surface area contributed by atoms with E-state index in [2.05, 4.69) is 0 Å². The van der Waals surface area contributed by atoms with Gasteiger partial charge >= 0.3 is 5.97 Å². The number of benzene rings is 1. The normalized spacial score (nSPS) is 11.3. The first kappa shape index (κ1) is 14.1. The first-order chi connectivity index (χ1) is 7.94. The number of carbonyl (C=O) groups is 1. The van der Waals surface area contributed by atoms with E-state index in [0.29, 0.717) is 12.1 Å². The van der Waals surface area contributed by atoms with Crippen molar-refractivity contribution < 1.29 is 9.53 Å². The molecular formula is C13H19NO2S. The molecule has 4 heteroatoms. The second-order valence-electron chi connectivity index (χ2n) is 4.64. The van der Waals surface area contributed by atoms with Gasteiger partial charge in [0.2, 0.25) is 0 Å². The summed E-state index contributed by atoms with van der Waals surface area (Å²) < 4.78 is 5.36. The molecule has 0 aliphatic heterocycles. The summed E-state index contributed by atoms with van der Waals surface area (Å²) in [5, 5.41) is 0. The lowest BCUT2D eigenvalue weighted by Crippen LogP contribution is -2.24. The molecule has 0 fully saturated rings. The van der Waals surface area contributed by atoms with Gasteiger partial charge in [-0.15, -0.1) is 11.8 Å². The Morgan fingerprint density at radius 1 is 1.35 bits per heavy atom. The van der Waals surface area contributed by atoms with Gasteiger partial charge in [-0.1, -0.05) is 12.1 Å². The number of nitrogens with two attached hydrogens (primary N) is 1. The number of ether oxygens (including phenoxy) is 1. The van der Waals surface area contributed by atoms with Gasteiger partial charge in [-0.3, -0.25) is 0 Å². The average Bonchev–Trinajstić information content (AvgIpc) is 2.24. The van der Waals surface area contributed by atoms with Crippen molar-refractivity contribution in [1.82, 2.24) is 0 Å². The molecule has 94 valence electrons. The summed E-state index contributed by atoms with van der Waals surface area (Å²) in [6, 6.07) is 7.45. The van der Waals surface area contributed by atoms with Crippen LogP contribution < -0.4 is 5.73 Å². The standard InChI is InChI=1S/C13H19NO2S/c1-13(2,3)16-12(15)10-6-4-5-7-11(10)17-9-8-14/h4-7H,8-9,14H2,1-3H3. The van der Waals surface area contributed by atoms with Gasteiger partial charge in [0.15, 0.2) is 0 Å². The Hall–Kier alpha value is -1.00. The Balaban J connectivity index is 2.85. The molecule has 17 heavy (non-hydrogen) atoms. The zero-order valence-electron chi connectivity index (χ0n) is 10.5. The maximum Gasteiger partial charge on any atom is 0.339 e. The Kier molecular flexibility index (Phi) is 5.02. The zero-order valence-corrected chi connectivity index (χ0v) is 11.3. The Morgan fingerprint density at radius 2 is 2.00 bits per heavy atom. The van der Waals surface area contributed by atoms with E-state index < -0.39 is 5.60 Å².